The second-order valence-corrected chi connectivity index (χ2v) is 11.2. The number of benzene rings is 1. The summed E-state index contributed by atoms with van der Waals surface area (Å²) in [6.45, 7) is 18.9. The zero-order valence-corrected chi connectivity index (χ0v) is 22.3. The molecule has 0 bridgehead atoms. The molecule has 0 heterocycles. The van der Waals surface area contributed by atoms with Crippen molar-refractivity contribution in [3.63, 3.8) is 0 Å². The maximum atomic E-state index is 13.6. The fraction of sp³-hybridized carbons (Fsp3) is 0.654. The number of carbonyl (C=O) groups is 3. The number of aryl methyl sites for hydroxylation is 1. The Kier molecular flexibility index (Phi) is 9.52. The summed E-state index contributed by atoms with van der Waals surface area (Å²) in [5.41, 5.74) is 1.59. The third kappa shape index (κ3) is 9.06. The molecule has 2 N–H and O–H groups in total. The van der Waals surface area contributed by atoms with Crippen molar-refractivity contribution in [1.82, 2.24) is 15.5 Å². The van der Waals surface area contributed by atoms with Crippen LogP contribution in [0.2, 0.25) is 0 Å². The van der Waals surface area contributed by atoms with Gasteiger partial charge in [-0.25, -0.2) is 4.79 Å². The Morgan fingerprint density at radius 3 is 2.09 bits per heavy atom. The zero-order valence-electron chi connectivity index (χ0n) is 22.3. The smallest absolute Gasteiger partial charge is 0.408 e. The van der Waals surface area contributed by atoms with Crippen LogP contribution in [0.4, 0.5) is 4.79 Å². The Bertz CT molecular complexity index is 850. The number of nitrogens with zero attached hydrogens (tertiary/aromatic N) is 1. The highest BCUT2D eigenvalue weighted by Gasteiger charge is 2.36. The molecule has 186 valence electrons. The number of amides is 3. The first-order chi connectivity index (χ1) is 14.9. The first kappa shape index (κ1) is 28.5. The highest BCUT2D eigenvalue weighted by Crippen LogP contribution is 2.27. The fourth-order valence-electron chi connectivity index (χ4n) is 3.55. The standard InChI is InChI=1S/C26H43N3O4/c1-16(2)15-20(27-24(32)33-26(8,9)10)23(31)29(11)21(22(30)28-25(5,6)7)19-14-12-13-17(3)18(19)4/h12-14,16,20-21H,15H2,1-11H3,(H,27,32)(H,28,30). The minimum atomic E-state index is -0.841. The van der Waals surface area contributed by atoms with Gasteiger partial charge in [0.2, 0.25) is 11.8 Å². The quantitative estimate of drug-likeness (QED) is 0.618. The average molecular weight is 462 g/mol. The topological polar surface area (TPSA) is 87.7 Å². The molecule has 1 aromatic rings. The summed E-state index contributed by atoms with van der Waals surface area (Å²) >= 11 is 0. The fourth-order valence-corrected chi connectivity index (χ4v) is 3.55. The van der Waals surface area contributed by atoms with Crippen molar-refractivity contribution in [1.29, 1.82) is 0 Å². The van der Waals surface area contributed by atoms with Gasteiger partial charge in [-0.15, -0.1) is 0 Å². The Labute approximate surface area is 199 Å². The van der Waals surface area contributed by atoms with Crippen molar-refractivity contribution in [2.45, 2.75) is 98.9 Å². The molecule has 3 amide bonds. The van der Waals surface area contributed by atoms with Crippen LogP contribution in [-0.2, 0) is 14.3 Å². The van der Waals surface area contributed by atoms with Gasteiger partial charge in [-0.1, -0.05) is 32.0 Å². The molecule has 0 aliphatic carbocycles. The largest absolute Gasteiger partial charge is 0.444 e. The maximum Gasteiger partial charge on any atom is 0.408 e. The van der Waals surface area contributed by atoms with E-state index in [9.17, 15) is 14.4 Å². The molecule has 7 nitrogen and oxygen atoms in total. The van der Waals surface area contributed by atoms with Gasteiger partial charge >= 0.3 is 6.09 Å². The van der Waals surface area contributed by atoms with Crippen LogP contribution in [-0.4, -0.2) is 47.0 Å². The lowest BCUT2D eigenvalue weighted by Crippen LogP contribution is -2.53. The second-order valence-electron chi connectivity index (χ2n) is 11.2. The molecule has 2 unspecified atom stereocenters. The summed E-state index contributed by atoms with van der Waals surface area (Å²) in [5, 5.41) is 5.73. The molecule has 0 saturated carbocycles. The minimum Gasteiger partial charge on any atom is -0.444 e. The van der Waals surface area contributed by atoms with Crippen LogP contribution in [0.5, 0.6) is 0 Å². The molecule has 7 heteroatoms. The predicted molar refractivity (Wildman–Crippen MR) is 132 cm³/mol. The van der Waals surface area contributed by atoms with E-state index in [0.717, 1.165) is 16.7 Å². The van der Waals surface area contributed by atoms with E-state index in [1.807, 2.05) is 66.7 Å². The number of nitrogens with one attached hydrogen (secondary N) is 2. The molecular weight excluding hydrogens is 418 g/mol. The summed E-state index contributed by atoms with van der Waals surface area (Å²) in [7, 11) is 1.61. The van der Waals surface area contributed by atoms with E-state index >= 15 is 0 Å². The molecule has 0 saturated heterocycles. The summed E-state index contributed by atoms with van der Waals surface area (Å²) < 4.78 is 5.37. The van der Waals surface area contributed by atoms with Crippen LogP contribution in [0.25, 0.3) is 0 Å². The second kappa shape index (κ2) is 11.0. The van der Waals surface area contributed by atoms with Crippen molar-refractivity contribution in [3.05, 3.63) is 34.9 Å². The first-order valence-electron chi connectivity index (χ1n) is 11.6. The van der Waals surface area contributed by atoms with Crippen molar-refractivity contribution in [3.8, 4) is 0 Å². The summed E-state index contributed by atoms with van der Waals surface area (Å²) in [4.78, 5) is 40.9. The highest BCUT2D eigenvalue weighted by atomic mass is 16.6. The van der Waals surface area contributed by atoms with Gasteiger partial charge in [0.1, 0.15) is 17.7 Å². The van der Waals surface area contributed by atoms with Crippen LogP contribution < -0.4 is 10.6 Å². The lowest BCUT2D eigenvalue weighted by molar-refractivity contribution is -0.141. The molecule has 0 radical (unpaired) electrons. The van der Waals surface area contributed by atoms with E-state index in [1.54, 1.807) is 27.8 Å². The average Bonchev–Trinajstić information content (AvgIpc) is 2.60. The number of hydrogen-bond donors (Lipinski definition) is 2. The zero-order chi connectivity index (χ0) is 25.7. The third-order valence-electron chi connectivity index (χ3n) is 5.12. The van der Waals surface area contributed by atoms with Crippen molar-refractivity contribution in [2.75, 3.05) is 7.05 Å². The van der Waals surface area contributed by atoms with Gasteiger partial charge in [-0.2, -0.15) is 0 Å². The van der Waals surface area contributed by atoms with E-state index in [0.29, 0.717) is 6.42 Å². The van der Waals surface area contributed by atoms with Gasteiger partial charge in [-0.3, -0.25) is 9.59 Å². The SMILES string of the molecule is Cc1cccc(C(C(=O)NC(C)(C)C)N(C)C(=O)C(CC(C)C)NC(=O)OC(C)(C)C)c1C. The van der Waals surface area contributed by atoms with Crippen LogP contribution in [0, 0.1) is 19.8 Å². The lowest BCUT2D eigenvalue weighted by Gasteiger charge is -2.34. The van der Waals surface area contributed by atoms with Crippen molar-refractivity contribution < 1.29 is 19.1 Å². The number of hydrogen-bond acceptors (Lipinski definition) is 4. The van der Waals surface area contributed by atoms with Crippen molar-refractivity contribution >= 4 is 17.9 Å². The Balaban J connectivity index is 3.37. The van der Waals surface area contributed by atoms with Gasteiger partial charge in [0.25, 0.3) is 0 Å². The molecule has 0 fully saturated rings. The summed E-state index contributed by atoms with van der Waals surface area (Å²) in [6, 6.07) is 4.08. The van der Waals surface area contributed by atoms with E-state index in [-0.39, 0.29) is 17.7 Å². The number of alkyl carbamates (subject to hydrolysis) is 1. The van der Waals surface area contributed by atoms with Crippen LogP contribution in [0.1, 0.15) is 84.5 Å². The molecule has 0 aliphatic rings. The predicted octanol–water partition coefficient (Wildman–Crippen LogP) is 4.66. The molecule has 0 spiro atoms. The Morgan fingerprint density at radius 2 is 1.61 bits per heavy atom. The monoisotopic (exact) mass is 461 g/mol. The number of rotatable bonds is 7. The van der Waals surface area contributed by atoms with E-state index in [4.69, 9.17) is 4.74 Å². The van der Waals surface area contributed by atoms with E-state index in [1.165, 1.54) is 4.90 Å². The van der Waals surface area contributed by atoms with E-state index < -0.39 is 29.3 Å². The van der Waals surface area contributed by atoms with Crippen LogP contribution in [0.15, 0.2) is 18.2 Å². The van der Waals surface area contributed by atoms with E-state index in [2.05, 4.69) is 10.6 Å². The molecular formula is C26H43N3O4. The van der Waals surface area contributed by atoms with Gasteiger partial charge < -0.3 is 20.3 Å². The molecule has 0 aromatic heterocycles. The van der Waals surface area contributed by atoms with Gasteiger partial charge in [0.05, 0.1) is 0 Å². The summed E-state index contributed by atoms with van der Waals surface area (Å²) in [6.07, 6.45) is -0.236. The van der Waals surface area contributed by atoms with Crippen molar-refractivity contribution in [2.24, 2.45) is 5.92 Å². The van der Waals surface area contributed by atoms with Crippen LogP contribution >= 0.6 is 0 Å². The Morgan fingerprint density at radius 1 is 1.03 bits per heavy atom. The van der Waals surface area contributed by atoms with Gasteiger partial charge in [-0.05, 0) is 84.4 Å². The number of ether oxygens (including phenoxy) is 1. The third-order valence-corrected chi connectivity index (χ3v) is 5.12. The summed E-state index contributed by atoms with van der Waals surface area (Å²) in [5.74, 6) is -0.470. The minimum absolute atomic E-state index is 0.143. The molecule has 0 aliphatic heterocycles. The lowest BCUT2D eigenvalue weighted by atomic mass is 9.94. The Hall–Kier alpha value is -2.57. The highest BCUT2D eigenvalue weighted by molar-refractivity contribution is 5.92. The van der Waals surface area contributed by atoms with Gasteiger partial charge in [0, 0.05) is 12.6 Å². The molecule has 2 atom stereocenters. The number of carbonyl (C=O) groups excluding carboxylic acids is 3. The molecule has 1 aromatic carbocycles. The number of likely N-dealkylation sites (N-methyl/N-ethyl adjacent to an activating group) is 1. The molecule has 1 rings (SSSR count). The van der Waals surface area contributed by atoms with Gasteiger partial charge in [0.15, 0.2) is 0 Å². The maximum absolute atomic E-state index is 13.6. The normalized spacial score (nSPS) is 13.8. The molecule has 33 heavy (non-hydrogen) atoms. The van der Waals surface area contributed by atoms with Crippen LogP contribution in [0.3, 0.4) is 0 Å². The first-order valence-corrected chi connectivity index (χ1v) is 11.6.